The Morgan fingerprint density at radius 2 is 1.75 bits per heavy atom. The molecule has 0 unspecified atom stereocenters. The summed E-state index contributed by atoms with van der Waals surface area (Å²) in [6.07, 6.45) is 2.22. The van der Waals surface area contributed by atoms with Crippen LogP contribution < -0.4 is 0 Å². The SMILES string of the molecule is CCC(CC)(CO)COC(C)C. The number of hydrogen-bond acceptors (Lipinski definition) is 2. The van der Waals surface area contributed by atoms with Crippen molar-refractivity contribution >= 4 is 0 Å². The second kappa shape index (κ2) is 5.55. The van der Waals surface area contributed by atoms with Crippen molar-refractivity contribution in [1.82, 2.24) is 0 Å². The fraction of sp³-hybridized carbons (Fsp3) is 1.00. The first-order valence-corrected chi connectivity index (χ1v) is 4.82. The molecule has 0 saturated carbocycles. The average molecular weight is 174 g/mol. The molecule has 0 bridgehead atoms. The smallest absolute Gasteiger partial charge is 0.0547 e. The molecule has 0 aromatic carbocycles. The van der Waals surface area contributed by atoms with E-state index in [1.807, 2.05) is 13.8 Å². The van der Waals surface area contributed by atoms with Gasteiger partial charge >= 0.3 is 0 Å². The third kappa shape index (κ3) is 3.55. The summed E-state index contributed by atoms with van der Waals surface area (Å²) >= 11 is 0. The quantitative estimate of drug-likeness (QED) is 0.669. The molecule has 0 aliphatic carbocycles. The Morgan fingerprint density at radius 1 is 1.25 bits per heavy atom. The van der Waals surface area contributed by atoms with Gasteiger partial charge in [0, 0.05) is 5.41 Å². The molecule has 0 spiro atoms. The van der Waals surface area contributed by atoms with Gasteiger partial charge in [0.2, 0.25) is 0 Å². The van der Waals surface area contributed by atoms with E-state index < -0.39 is 0 Å². The van der Waals surface area contributed by atoms with Crippen LogP contribution in [0.2, 0.25) is 0 Å². The van der Waals surface area contributed by atoms with Crippen molar-refractivity contribution < 1.29 is 9.84 Å². The first-order valence-electron chi connectivity index (χ1n) is 4.82. The van der Waals surface area contributed by atoms with E-state index in [1.54, 1.807) is 0 Å². The number of aliphatic hydroxyl groups is 1. The lowest BCUT2D eigenvalue weighted by atomic mass is 9.84. The van der Waals surface area contributed by atoms with Crippen molar-refractivity contribution in [2.45, 2.75) is 46.6 Å². The van der Waals surface area contributed by atoms with Crippen molar-refractivity contribution in [2.75, 3.05) is 13.2 Å². The molecule has 0 radical (unpaired) electrons. The van der Waals surface area contributed by atoms with Crippen LogP contribution >= 0.6 is 0 Å². The van der Waals surface area contributed by atoms with Crippen LogP contribution in [0.3, 0.4) is 0 Å². The molecule has 12 heavy (non-hydrogen) atoms. The van der Waals surface area contributed by atoms with Gasteiger partial charge in [0.1, 0.15) is 0 Å². The number of hydrogen-bond donors (Lipinski definition) is 1. The number of rotatable bonds is 6. The van der Waals surface area contributed by atoms with E-state index in [0.29, 0.717) is 6.61 Å². The molecule has 0 aliphatic rings. The van der Waals surface area contributed by atoms with Gasteiger partial charge in [-0.2, -0.15) is 0 Å². The van der Waals surface area contributed by atoms with E-state index in [0.717, 1.165) is 12.8 Å². The van der Waals surface area contributed by atoms with Gasteiger partial charge in [-0.05, 0) is 26.7 Å². The van der Waals surface area contributed by atoms with Crippen LogP contribution in [0.1, 0.15) is 40.5 Å². The summed E-state index contributed by atoms with van der Waals surface area (Å²) in [5.41, 5.74) is -0.00965. The summed E-state index contributed by atoms with van der Waals surface area (Å²) in [5, 5.41) is 9.21. The molecule has 0 fully saturated rings. The highest BCUT2D eigenvalue weighted by atomic mass is 16.5. The van der Waals surface area contributed by atoms with Crippen molar-refractivity contribution in [2.24, 2.45) is 5.41 Å². The zero-order chi connectivity index (χ0) is 9.61. The molecular formula is C10H22O2. The minimum Gasteiger partial charge on any atom is -0.396 e. The maximum absolute atomic E-state index is 9.21. The van der Waals surface area contributed by atoms with Gasteiger partial charge in [0.25, 0.3) is 0 Å². The second-order valence-electron chi connectivity index (χ2n) is 3.72. The van der Waals surface area contributed by atoms with Gasteiger partial charge in [-0.3, -0.25) is 0 Å². The lowest BCUT2D eigenvalue weighted by Gasteiger charge is -2.29. The monoisotopic (exact) mass is 174 g/mol. The van der Waals surface area contributed by atoms with Crippen LogP contribution in [0.15, 0.2) is 0 Å². The molecular weight excluding hydrogens is 152 g/mol. The first kappa shape index (κ1) is 11.9. The molecule has 74 valence electrons. The molecule has 0 atom stereocenters. The maximum Gasteiger partial charge on any atom is 0.0547 e. The number of ether oxygens (including phenoxy) is 1. The van der Waals surface area contributed by atoms with E-state index in [2.05, 4.69) is 13.8 Å². The predicted octanol–water partition coefficient (Wildman–Crippen LogP) is 2.21. The van der Waals surface area contributed by atoms with Gasteiger partial charge in [0.15, 0.2) is 0 Å². The van der Waals surface area contributed by atoms with Gasteiger partial charge in [-0.25, -0.2) is 0 Å². The largest absolute Gasteiger partial charge is 0.396 e. The molecule has 0 rings (SSSR count). The molecule has 0 aromatic rings. The van der Waals surface area contributed by atoms with Gasteiger partial charge in [0.05, 0.1) is 19.3 Å². The van der Waals surface area contributed by atoms with Crippen LogP contribution in [-0.4, -0.2) is 24.4 Å². The van der Waals surface area contributed by atoms with E-state index in [-0.39, 0.29) is 18.1 Å². The average Bonchev–Trinajstić information content (AvgIpc) is 2.08. The minimum absolute atomic E-state index is 0.00965. The minimum atomic E-state index is -0.00965. The van der Waals surface area contributed by atoms with Crippen molar-refractivity contribution in [1.29, 1.82) is 0 Å². The van der Waals surface area contributed by atoms with E-state index in [1.165, 1.54) is 0 Å². The van der Waals surface area contributed by atoms with Crippen molar-refractivity contribution in [3.05, 3.63) is 0 Å². The third-order valence-corrected chi connectivity index (χ3v) is 2.56. The summed E-state index contributed by atoms with van der Waals surface area (Å²) in [4.78, 5) is 0. The molecule has 0 aromatic heterocycles. The third-order valence-electron chi connectivity index (χ3n) is 2.56. The lowest BCUT2D eigenvalue weighted by molar-refractivity contribution is -0.0243. The maximum atomic E-state index is 9.21. The Balaban J connectivity index is 3.93. The Kier molecular flexibility index (Phi) is 5.51. The first-order chi connectivity index (χ1) is 5.60. The summed E-state index contributed by atoms with van der Waals surface area (Å²) in [5.74, 6) is 0. The number of aliphatic hydroxyl groups excluding tert-OH is 1. The van der Waals surface area contributed by atoms with Crippen LogP contribution in [-0.2, 0) is 4.74 Å². The predicted molar refractivity (Wildman–Crippen MR) is 51.2 cm³/mol. The Morgan fingerprint density at radius 3 is 2.00 bits per heavy atom. The molecule has 0 heterocycles. The molecule has 2 heteroatoms. The van der Waals surface area contributed by atoms with Gasteiger partial charge in [-0.15, -0.1) is 0 Å². The van der Waals surface area contributed by atoms with Crippen LogP contribution in [0.5, 0.6) is 0 Å². The fourth-order valence-electron chi connectivity index (χ4n) is 1.07. The molecule has 0 amide bonds. The van der Waals surface area contributed by atoms with Gasteiger partial charge < -0.3 is 9.84 Å². The van der Waals surface area contributed by atoms with E-state index in [4.69, 9.17) is 4.74 Å². The molecule has 0 saturated heterocycles. The molecule has 0 aliphatic heterocycles. The standard InChI is InChI=1S/C10H22O2/c1-5-10(6-2,7-11)8-12-9(3)4/h9,11H,5-8H2,1-4H3. The Bertz CT molecular complexity index is 98.1. The van der Waals surface area contributed by atoms with Crippen LogP contribution in [0, 0.1) is 5.41 Å². The zero-order valence-corrected chi connectivity index (χ0v) is 8.76. The Hall–Kier alpha value is -0.0800. The lowest BCUT2D eigenvalue weighted by Crippen LogP contribution is -2.31. The molecule has 1 N–H and O–H groups in total. The van der Waals surface area contributed by atoms with Gasteiger partial charge in [-0.1, -0.05) is 13.8 Å². The fourth-order valence-corrected chi connectivity index (χ4v) is 1.07. The van der Waals surface area contributed by atoms with Crippen LogP contribution in [0.4, 0.5) is 0 Å². The van der Waals surface area contributed by atoms with Crippen molar-refractivity contribution in [3.63, 3.8) is 0 Å². The van der Waals surface area contributed by atoms with Crippen LogP contribution in [0.25, 0.3) is 0 Å². The topological polar surface area (TPSA) is 29.5 Å². The summed E-state index contributed by atoms with van der Waals surface area (Å²) in [6.45, 7) is 9.15. The highest BCUT2D eigenvalue weighted by molar-refractivity contribution is 4.75. The van der Waals surface area contributed by atoms with E-state index >= 15 is 0 Å². The second-order valence-corrected chi connectivity index (χ2v) is 3.72. The highest BCUT2D eigenvalue weighted by Crippen LogP contribution is 2.26. The Labute approximate surface area is 75.9 Å². The van der Waals surface area contributed by atoms with Crippen molar-refractivity contribution in [3.8, 4) is 0 Å². The highest BCUT2D eigenvalue weighted by Gasteiger charge is 2.25. The molecule has 2 nitrogen and oxygen atoms in total. The van der Waals surface area contributed by atoms with E-state index in [9.17, 15) is 5.11 Å². The normalized spacial score (nSPS) is 12.5. The zero-order valence-electron chi connectivity index (χ0n) is 8.76. The summed E-state index contributed by atoms with van der Waals surface area (Å²) < 4.78 is 5.52. The summed E-state index contributed by atoms with van der Waals surface area (Å²) in [7, 11) is 0. The summed E-state index contributed by atoms with van der Waals surface area (Å²) in [6, 6.07) is 0.